The molecule has 0 spiro atoms. The molecule has 0 aromatic heterocycles. The van der Waals surface area contributed by atoms with Crippen molar-refractivity contribution in [2.75, 3.05) is 47.8 Å². The second-order valence-corrected chi connectivity index (χ2v) is 6.96. The van der Waals surface area contributed by atoms with Crippen LogP contribution in [0.1, 0.15) is 25.7 Å². The molecule has 2 fully saturated rings. The van der Waals surface area contributed by atoms with Crippen LogP contribution in [-0.2, 0) is 0 Å². The van der Waals surface area contributed by atoms with Gasteiger partial charge in [-0.05, 0) is 12.8 Å². The first-order valence-corrected chi connectivity index (χ1v) is 6.55. The summed E-state index contributed by atoms with van der Waals surface area (Å²) in [5.74, 6) is 0.978. The number of quaternary nitrogens is 2. The maximum atomic E-state index is 2.44. The van der Waals surface area contributed by atoms with Gasteiger partial charge in [0.2, 0.25) is 0 Å². The molecule has 2 atom stereocenters. The Kier molecular flexibility index (Phi) is 2.85. The van der Waals surface area contributed by atoms with Crippen molar-refractivity contribution in [3.63, 3.8) is 0 Å². The summed E-state index contributed by atoms with van der Waals surface area (Å²) in [5, 5.41) is 0. The van der Waals surface area contributed by atoms with E-state index in [0.717, 1.165) is 12.0 Å². The monoisotopic (exact) mass is 212 g/mol. The fourth-order valence-corrected chi connectivity index (χ4v) is 3.94. The van der Waals surface area contributed by atoms with Crippen LogP contribution in [0.4, 0.5) is 0 Å². The number of nitrogens with zero attached hydrogens (tertiary/aromatic N) is 2. The molecule has 2 heterocycles. The van der Waals surface area contributed by atoms with E-state index in [1.165, 1.54) is 54.3 Å². The lowest BCUT2D eigenvalue weighted by Gasteiger charge is -2.43. The van der Waals surface area contributed by atoms with Crippen molar-refractivity contribution >= 4 is 0 Å². The SMILES string of the molecule is C[N+]1(C)CCCC(C2CCC[N+]2(C)C)C1. The zero-order chi connectivity index (χ0) is 11.1. The number of hydrogen-bond donors (Lipinski definition) is 0. The normalized spacial score (nSPS) is 39.2. The highest BCUT2D eigenvalue weighted by Crippen LogP contribution is 2.34. The third-order valence-corrected chi connectivity index (χ3v) is 4.74. The molecule has 2 aliphatic heterocycles. The highest BCUT2D eigenvalue weighted by Gasteiger charge is 2.43. The van der Waals surface area contributed by atoms with Gasteiger partial charge in [0, 0.05) is 12.8 Å². The van der Waals surface area contributed by atoms with E-state index in [0.29, 0.717) is 0 Å². The molecule has 0 N–H and O–H groups in total. The summed E-state index contributed by atoms with van der Waals surface area (Å²) in [6.45, 7) is 4.19. The first kappa shape index (κ1) is 11.4. The summed E-state index contributed by atoms with van der Waals surface area (Å²) in [4.78, 5) is 0. The van der Waals surface area contributed by atoms with Gasteiger partial charge in [-0.2, -0.15) is 0 Å². The molecule has 2 heteroatoms. The standard InChI is InChI=1S/C13H28N2/c1-14(2)9-5-7-12(11-14)13-8-6-10-15(13,3)4/h12-13H,5-11H2,1-4H3/q+2. The third-order valence-electron chi connectivity index (χ3n) is 4.74. The Morgan fingerprint density at radius 2 is 1.53 bits per heavy atom. The van der Waals surface area contributed by atoms with Crippen LogP contribution in [0, 0.1) is 5.92 Å². The van der Waals surface area contributed by atoms with Crippen molar-refractivity contribution < 1.29 is 8.97 Å². The predicted octanol–water partition coefficient (Wildman–Crippen LogP) is 1.71. The van der Waals surface area contributed by atoms with Gasteiger partial charge in [-0.25, -0.2) is 0 Å². The fraction of sp³-hybridized carbons (Fsp3) is 1.00. The molecule has 0 radical (unpaired) electrons. The topological polar surface area (TPSA) is 0 Å². The summed E-state index contributed by atoms with van der Waals surface area (Å²) in [7, 11) is 9.68. The van der Waals surface area contributed by atoms with Gasteiger partial charge in [0.1, 0.15) is 0 Å². The first-order chi connectivity index (χ1) is 6.91. The molecule has 0 bridgehead atoms. The minimum absolute atomic E-state index is 0.947. The molecule has 15 heavy (non-hydrogen) atoms. The van der Waals surface area contributed by atoms with E-state index >= 15 is 0 Å². The van der Waals surface area contributed by atoms with Gasteiger partial charge in [-0.15, -0.1) is 0 Å². The molecule has 2 nitrogen and oxygen atoms in total. The Morgan fingerprint density at radius 3 is 2.07 bits per heavy atom. The summed E-state index contributed by atoms with van der Waals surface area (Å²) in [6, 6.07) is 0.947. The van der Waals surface area contributed by atoms with Gasteiger partial charge < -0.3 is 8.97 Å². The Morgan fingerprint density at radius 1 is 0.867 bits per heavy atom. The Hall–Kier alpha value is -0.0800. The van der Waals surface area contributed by atoms with Crippen molar-refractivity contribution in [3.8, 4) is 0 Å². The van der Waals surface area contributed by atoms with Crippen molar-refractivity contribution in [2.45, 2.75) is 31.7 Å². The summed E-state index contributed by atoms with van der Waals surface area (Å²) >= 11 is 0. The minimum atomic E-state index is 0.947. The van der Waals surface area contributed by atoms with Crippen LogP contribution >= 0.6 is 0 Å². The van der Waals surface area contributed by atoms with Crippen LogP contribution in [0.2, 0.25) is 0 Å². The lowest BCUT2D eigenvalue weighted by atomic mass is 9.87. The van der Waals surface area contributed by atoms with Crippen molar-refractivity contribution in [1.82, 2.24) is 0 Å². The number of hydrogen-bond acceptors (Lipinski definition) is 0. The molecule has 88 valence electrons. The lowest BCUT2D eigenvalue weighted by molar-refractivity contribution is -0.928. The van der Waals surface area contributed by atoms with E-state index in [2.05, 4.69) is 28.2 Å². The van der Waals surface area contributed by atoms with Crippen molar-refractivity contribution in [1.29, 1.82) is 0 Å². The van der Waals surface area contributed by atoms with Crippen LogP contribution in [0.15, 0.2) is 0 Å². The third kappa shape index (κ3) is 2.36. The molecule has 2 rings (SSSR count). The van der Waals surface area contributed by atoms with Gasteiger partial charge in [0.25, 0.3) is 0 Å². The smallest absolute Gasteiger partial charge is 0.0971 e. The molecule has 0 amide bonds. The zero-order valence-corrected chi connectivity index (χ0v) is 11.0. The van der Waals surface area contributed by atoms with Gasteiger partial charge in [-0.1, -0.05) is 0 Å². The molecule has 0 saturated carbocycles. The van der Waals surface area contributed by atoms with E-state index in [4.69, 9.17) is 0 Å². The zero-order valence-electron chi connectivity index (χ0n) is 11.0. The van der Waals surface area contributed by atoms with Crippen LogP contribution in [0.3, 0.4) is 0 Å². The molecule has 2 saturated heterocycles. The maximum Gasteiger partial charge on any atom is 0.0971 e. The molecule has 2 aliphatic rings. The van der Waals surface area contributed by atoms with E-state index < -0.39 is 0 Å². The molecule has 0 aliphatic carbocycles. The van der Waals surface area contributed by atoms with E-state index in [1.807, 2.05) is 0 Å². The Balaban J connectivity index is 2.04. The number of rotatable bonds is 1. The maximum absolute atomic E-state index is 2.44. The van der Waals surface area contributed by atoms with Gasteiger partial charge >= 0.3 is 0 Å². The average molecular weight is 212 g/mol. The van der Waals surface area contributed by atoms with Crippen molar-refractivity contribution in [3.05, 3.63) is 0 Å². The average Bonchev–Trinajstić information content (AvgIpc) is 2.43. The minimum Gasteiger partial charge on any atom is -0.328 e. The molecule has 0 aromatic carbocycles. The van der Waals surface area contributed by atoms with E-state index in [-0.39, 0.29) is 0 Å². The van der Waals surface area contributed by atoms with Crippen LogP contribution in [0.25, 0.3) is 0 Å². The first-order valence-electron chi connectivity index (χ1n) is 6.55. The summed E-state index contributed by atoms with van der Waals surface area (Å²) < 4.78 is 2.53. The lowest BCUT2D eigenvalue weighted by Crippen LogP contribution is -2.56. The predicted molar refractivity (Wildman–Crippen MR) is 64.6 cm³/mol. The second kappa shape index (κ2) is 3.74. The van der Waals surface area contributed by atoms with Crippen LogP contribution in [-0.4, -0.2) is 62.8 Å². The van der Waals surface area contributed by atoms with Gasteiger partial charge in [0.05, 0.1) is 59.8 Å². The molecule has 0 aromatic rings. The van der Waals surface area contributed by atoms with Crippen LogP contribution in [0.5, 0.6) is 0 Å². The van der Waals surface area contributed by atoms with Crippen LogP contribution < -0.4 is 0 Å². The number of piperidine rings is 1. The van der Waals surface area contributed by atoms with E-state index in [9.17, 15) is 0 Å². The molecular weight excluding hydrogens is 184 g/mol. The van der Waals surface area contributed by atoms with E-state index in [1.54, 1.807) is 0 Å². The molecular formula is C13H28N2+2. The second-order valence-electron chi connectivity index (χ2n) is 6.96. The fourth-order valence-electron chi connectivity index (χ4n) is 3.94. The largest absolute Gasteiger partial charge is 0.328 e. The Bertz CT molecular complexity index is 233. The Labute approximate surface area is 95.0 Å². The van der Waals surface area contributed by atoms with Gasteiger partial charge in [0.15, 0.2) is 0 Å². The molecule has 2 unspecified atom stereocenters. The van der Waals surface area contributed by atoms with Crippen molar-refractivity contribution in [2.24, 2.45) is 5.92 Å². The van der Waals surface area contributed by atoms with Gasteiger partial charge in [-0.3, -0.25) is 0 Å². The highest BCUT2D eigenvalue weighted by atomic mass is 15.4. The quantitative estimate of drug-likeness (QED) is 0.581. The highest BCUT2D eigenvalue weighted by molar-refractivity contribution is 4.77. The number of likely N-dealkylation sites (tertiary alicyclic amines) is 2. The summed E-state index contributed by atoms with van der Waals surface area (Å²) in [5.41, 5.74) is 0. The summed E-state index contributed by atoms with van der Waals surface area (Å²) in [6.07, 6.45) is 5.83.